The van der Waals surface area contributed by atoms with Crippen LogP contribution in [0.15, 0.2) is 41.8 Å². The Balaban J connectivity index is 1.68. The maximum Gasteiger partial charge on any atom is 0.161 e. The molecule has 3 rings (SSSR count). The van der Waals surface area contributed by atoms with Gasteiger partial charge >= 0.3 is 0 Å². The number of nitrogens with zero attached hydrogens (tertiary/aromatic N) is 2. The molecule has 0 N–H and O–H groups in total. The van der Waals surface area contributed by atoms with E-state index in [2.05, 4.69) is 17.3 Å². The number of rotatable bonds is 9. The van der Waals surface area contributed by atoms with Crippen LogP contribution < -0.4 is 18.9 Å². The molecule has 3 aromatic rings. The Morgan fingerprint density at radius 1 is 0.793 bits per heavy atom. The van der Waals surface area contributed by atoms with Gasteiger partial charge in [0.1, 0.15) is 5.01 Å². The van der Waals surface area contributed by atoms with E-state index in [1.807, 2.05) is 36.4 Å². The van der Waals surface area contributed by atoms with Crippen molar-refractivity contribution in [3.8, 4) is 33.6 Å². The molecule has 0 spiro atoms. The van der Waals surface area contributed by atoms with Crippen LogP contribution in [0.4, 0.5) is 0 Å². The fraction of sp³-hybridized carbons (Fsp3) is 0.318. The number of hydrogen-bond acceptors (Lipinski definition) is 7. The first-order valence-electron chi connectivity index (χ1n) is 9.14. The average Bonchev–Trinajstić information content (AvgIpc) is 3.21. The van der Waals surface area contributed by atoms with Crippen molar-refractivity contribution in [3.05, 3.63) is 53.0 Å². The Morgan fingerprint density at radius 3 is 2.07 bits per heavy atom. The zero-order valence-corrected chi connectivity index (χ0v) is 18.2. The lowest BCUT2D eigenvalue weighted by molar-refractivity contribution is 0.313. The molecule has 0 saturated heterocycles. The standard InChI is InChI=1S/C22H26N2O4S/c1-24(12-15-6-8-18(25-2)20(10-15)27-4)13-17-14-29-22(23-17)16-7-9-19(26-3)21(11-16)28-5/h6-11,14H,12-13H2,1-5H3. The van der Waals surface area contributed by atoms with Gasteiger partial charge in [-0.15, -0.1) is 11.3 Å². The normalized spacial score (nSPS) is 10.8. The number of ether oxygens (including phenoxy) is 4. The molecule has 0 unspecified atom stereocenters. The Hall–Kier alpha value is -2.77. The van der Waals surface area contributed by atoms with Crippen molar-refractivity contribution in [3.63, 3.8) is 0 Å². The lowest BCUT2D eigenvalue weighted by Gasteiger charge is -2.16. The van der Waals surface area contributed by atoms with Crippen molar-refractivity contribution in [2.24, 2.45) is 0 Å². The second-order valence-corrected chi connectivity index (χ2v) is 7.43. The van der Waals surface area contributed by atoms with Crippen molar-refractivity contribution >= 4 is 11.3 Å². The minimum absolute atomic E-state index is 0.701. The van der Waals surface area contributed by atoms with E-state index in [1.54, 1.807) is 39.8 Å². The zero-order chi connectivity index (χ0) is 20.8. The number of aromatic nitrogens is 1. The average molecular weight is 415 g/mol. The summed E-state index contributed by atoms with van der Waals surface area (Å²) in [6.45, 7) is 1.53. The van der Waals surface area contributed by atoms with Gasteiger partial charge in [0.15, 0.2) is 23.0 Å². The second-order valence-electron chi connectivity index (χ2n) is 6.58. The van der Waals surface area contributed by atoms with E-state index in [9.17, 15) is 0 Å². The van der Waals surface area contributed by atoms with Gasteiger partial charge in [0.25, 0.3) is 0 Å². The summed E-state index contributed by atoms with van der Waals surface area (Å²) in [6, 6.07) is 11.8. The summed E-state index contributed by atoms with van der Waals surface area (Å²) in [5, 5.41) is 3.05. The molecular formula is C22H26N2O4S. The predicted molar refractivity (Wildman–Crippen MR) is 115 cm³/mol. The molecule has 0 saturated carbocycles. The summed E-state index contributed by atoms with van der Waals surface area (Å²) < 4.78 is 21.4. The van der Waals surface area contributed by atoms with Gasteiger partial charge in [-0.05, 0) is 42.9 Å². The monoisotopic (exact) mass is 414 g/mol. The topological polar surface area (TPSA) is 53.1 Å². The van der Waals surface area contributed by atoms with Gasteiger partial charge in [-0.3, -0.25) is 4.90 Å². The molecule has 0 radical (unpaired) electrons. The minimum Gasteiger partial charge on any atom is -0.493 e. The van der Waals surface area contributed by atoms with E-state index in [4.69, 9.17) is 23.9 Å². The highest BCUT2D eigenvalue weighted by atomic mass is 32.1. The highest BCUT2D eigenvalue weighted by Gasteiger charge is 2.12. The Morgan fingerprint density at radius 2 is 1.41 bits per heavy atom. The largest absolute Gasteiger partial charge is 0.493 e. The van der Waals surface area contributed by atoms with Crippen LogP contribution in [0, 0.1) is 0 Å². The highest BCUT2D eigenvalue weighted by Crippen LogP contribution is 2.34. The van der Waals surface area contributed by atoms with Crippen LogP contribution in [0.1, 0.15) is 11.3 Å². The summed E-state index contributed by atoms with van der Waals surface area (Å²) in [7, 11) is 8.63. The molecule has 0 aliphatic rings. The first-order valence-corrected chi connectivity index (χ1v) is 10.0. The van der Waals surface area contributed by atoms with Crippen LogP contribution in [-0.4, -0.2) is 45.4 Å². The fourth-order valence-electron chi connectivity index (χ4n) is 3.10. The van der Waals surface area contributed by atoms with E-state index < -0.39 is 0 Å². The molecular weight excluding hydrogens is 388 g/mol. The smallest absolute Gasteiger partial charge is 0.161 e. The maximum atomic E-state index is 5.40. The molecule has 1 aromatic heterocycles. The third-order valence-corrected chi connectivity index (χ3v) is 5.45. The van der Waals surface area contributed by atoms with E-state index in [0.29, 0.717) is 11.5 Å². The lowest BCUT2D eigenvalue weighted by atomic mass is 10.2. The SMILES string of the molecule is COc1ccc(CN(C)Cc2csc(-c3ccc(OC)c(OC)c3)n2)cc1OC. The van der Waals surface area contributed by atoms with Crippen LogP contribution in [0.2, 0.25) is 0 Å². The summed E-state index contributed by atoms with van der Waals surface area (Å²) in [5.74, 6) is 2.88. The number of methoxy groups -OCH3 is 4. The predicted octanol–water partition coefficient (Wildman–Crippen LogP) is 4.48. The zero-order valence-electron chi connectivity index (χ0n) is 17.4. The molecule has 7 heteroatoms. The molecule has 0 fully saturated rings. The molecule has 1 heterocycles. The van der Waals surface area contributed by atoms with Crippen molar-refractivity contribution in [2.75, 3.05) is 35.5 Å². The molecule has 29 heavy (non-hydrogen) atoms. The van der Waals surface area contributed by atoms with Gasteiger partial charge in [-0.1, -0.05) is 6.07 Å². The molecule has 0 aliphatic heterocycles. The van der Waals surface area contributed by atoms with Crippen LogP contribution in [-0.2, 0) is 13.1 Å². The molecule has 2 aromatic carbocycles. The molecule has 0 amide bonds. The van der Waals surface area contributed by atoms with Gasteiger partial charge in [-0.2, -0.15) is 0 Å². The fourth-order valence-corrected chi connectivity index (χ4v) is 3.91. The van der Waals surface area contributed by atoms with Crippen LogP contribution in [0.3, 0.4) is 0 Å². The van der Waals surface area contributed by atoms with Crippen molar-refractivity contribution < 1.29 is 18.9 Å². The first kappa shape index (κ1) is 21.0. The first-order chi connectivity index (χ1) is 14.1. The van der Waals surface area contributed by atoms with Crippen molar-refractivity contribution in [2.45, 2.75) is 13.1 Å². The number of benzene rings is 2. The summed E-state index contributed by atoms with van der Waals surface area (Å²) in [5.41, 5.74) is 3.20. The number of thiazole rings is 1. The third kappa shape index (κ3) is 4.99. The Kier molecular flexibility index (Phi) is 6.95. The quantitative estimate of drug-likeness (QED) is 0.515. The summed E-state index contributed by atoms with van der Waals surface area (Å²) >= 11 is 1.62. The van der Waals surface area contributed by atoms with Gasteiger partial charge in [0, 0.05) is 24.0 Å². The van der Waals surface area contributed by atoms with Crippen molar-refractivity contribution in [1.29, 1.82) is 0 Å². The molecule has 0 aliphatic carbocycles. The van der Waals surface area contributed by atoms with E-state index in [-0.39, 0.29) is 0 Å². The van der Waals surface area contributed by atoms with E-state index in [1.165, 1.54) is 0 Å². The van der Waals surface area contributed by atoms with Crippen molar-refractivity contribution in [1.82, 2.24) is 9.88 Å². The van der Waals surface area contributed by atoms with Gasteiger partial charge in [0.05, 0.1) is 34.1 Å². The van der Waals surface area contributed by atoms with E-state index in [0.717, 1.165) is 46.4 Å². The van der Waals surface area contributed by atoms with Crippen LogP contribution in [0.5, 0.6) is 23.0 Å². The summed E-state index contributed by atoms with van der Waals surface area (Å²) in [6.07, 6.45) is 0. The van der Waals surface area contributed by atoms with Crippen LogP contribution >= 0.6 is 11.3 Å². The third-order valence-electron chi connectivity index (χ3n) is 4.51. The lowest BCUT2D eigenvalue weighted by Crippen LogP contribution is -2.17. The molecule has 0 atom stereocenters. The highest BCUT2D eigenvalue weighted by molar-refractivity contribution is 7.13. The molecule has 154 valence electrons. The second kappa shape index (κ2) is 9.62. The minimum atomic E-state index is 0.701. The Labute approximate surface area is 175 Å². The van der Waals surface area contributed by atoms with E-state index >= 15 is 0 Å². The summed E-state index contributed by atoms with van der Waals surface area (Å²) in [4.78, 5) is 7.01. The van der Waals surface area contributed by atoms with Crippen LogP contribution in [0.25, 0.3) is 10.6 Å². The van der Waals surface area contributed by atoms with Gasteiger partial charge in [-0.25, -0.2) is 4.98 Å². The molecule has 6 nitrogen and oxygen atoms in total. The maximum absolute atomic E-state index is 5.40. The number of hydrogen-bond donors (Lipinski definition) is 0. The van der Waals surface area contributed by atoms with Gasteiger partial charge in [0.2, 0.25) is 0 Å². The Bertz CT molecular complexity index is 958. The van der Waals surface area contributed by atoms with Gasteiger partial charge < -0.3 is 18.9 Å². The molecule has 0 bridgehead atoms.